The van der Waals surface area contributed by atoms with E-state index < -0.39 is 26.7 Å². The molecule has 3 aromatic heterocycles. The number of rotatable bonds is 11. The number of carbonyl (C=O) groups excluding carboxylic acids is 2. The Morgan fingerprint density at radius 2 is 1.73 bits per heavy atom. The van der Waals surface area contributed by atoms with Crippen molar-refractivity contribution >= 4 is 44.4 Å². The number of aromatic nitrogens is 3. The lowest BCUT2D eigenvalue weighted by Gasteiger charge is -2.27. The molecule has 5 heterocycles. The molecule has 2 N–H and O–H groups in total. The van der Waals surface area contributed by atoms with Crippen LogP contribution in [0, 0.1) is 11.6 Å². The summed E-state index contributed by atoms with van der Waals surface area (Å²) in [4.78, 5) is 48.2. The number of aldehydes is 1. The Balaban J connectivity index is 0.00000230. The minimum Gasteiger partial charge on any atom is -0.400 e. The number of pyridine rings is 2. The second kappa shape index (κ2) is 15.0. The van der Waals surface area contributed by atoms with Gasteiger partial charge in [0.15, 0.2) is 21.5 Å². The lowest BCUT2D eigenvalue weighted by molar-refractivity contribution is -0.107. The summed E-state index contributed by atoms with van der Waals surface area (Å²) in [5.41, 5.74) is 2.76. The van der Waals surface area contributed by atoms with Crippen LogP contribution in [-0.4, -0.2) is 71.6 Å². The van der Waals surface area contributed by atoms with Crippen molar-refractivity contribution in [1.82, 2.24) is 19.4 Å². The second-order valence-corrected chi connectivity index (χ2v) is 14.7. The number of hydrogen-bond acceptors (Lipinski definition) is 8. The first-order chi connectivity index (χ1) is 23.5. The highest BCUT2D eigenvalue weighted by molar-refractivity contribution is 7.90. The number of unbranched alkanes of at least 4 members (excludes halogenated alkanes) is 6. The number of H-pyrrole nitrogens is 1. The van der Waals surface area contributed by atoms with Crippen LogP contribution in [0.1, 0.15) is 78.1 Å². The quantitative estimate of drug-likeness (QED) is 0.158. The number of hydrogen-bond donors (Lipinski definition) is 2. The number of aliphatic hydroxyl groups excluding tert-OH is 1. The number of amides is 1. The third kappa shape index (κ3) is 7.16. The molecule has 11 nitrogen and oxygen atoms in total. The molecule has 2 aliphatic rings. The Labute approximate surface area is 283 Å². The third-order valence-electron chi connectivity index (χ3n) is 9.25. The highest BCUT2D eigenvalue weighted by atomic mass is 32.2. The van der Waals surface area contributed by atoms with Crippen LogP contribution in [0.2, 0.25) is 0 Å². The molecule has 2 aliphatic heterocycles. The Kier molecular flexibility index (Phi) is 11.0. The van der Waals surface area contributed by atoms with Crippen molar-refractivity contribution < 1.29 is 31.9 Å². The highest BCUT2D eigenvalue weighted by Crippen LogP contribution is 2.47. The maximum atomic E-state index is 15.4. The average Bonchev–Trinajstić information content (AvgIpc) is 3.37. The summed E-state index contributed by atoms with van der Waals surface area (Å²) in [5.74, 6) is -2.25. The summed E-state index contributed by atoms with van der Waals surface area (Å²) < 4.78 is 57.3. The van der Waals surface area contributed by atoms with E-state index in [1.165, 1.54) is 4.57 Å². The first-order valence-electron chi connectivity index (χ1n) is 16.3. The van der Waals surface area contributed by atoms with E-state index in [-0.39, 0.29) is 42.4 Å². The van der Waals surface area contributed by atoms with Gasteiger partial charge in [0.25, 0.3) is 11.5 Å². The molecule has 0 unspecified atom stereocenters. The molecular formula is C35H41F2N5O6S. The van der Waals surface area contributed by atoms with E-state index in [2.05, 4.69) is 9.97 Å². The van der Waals surface area contributed by atoms with E-state index in [9.17, 15) is 27.2 Å². The Hall–Kier alpha value is -4.43. The molecule has 1 amide bonds. The molecule has 262 valence electrons. The normalized spacial score (nSPS) is 15.6. The summed E-state index contributed by atoms with van der Waals surface area (Å²) >= 11 is 0. The van der Waals surface area contributed by atoms with Crippen LogP contribution in [0.3, 0.4) is 0 Å². The molecule has 14 heteroatoms. The smallest absolute Gasteiger partial charge is 0.274 e. The predicted molar refractivity (Wildman–Crippen MR) is 184 cm³/mol. The van der Waals surface area contributed by atoms with Gasteiger partial charge in [-0.2, -0.15) is 0 Å². The fourth-order valence-corrected chi connectivity index (χ4v) is 8.09. The fourth-order valence-electron chi connectivity index (χ4n) is 6.90. The molecule has 0 aliphatic carbocycles. The van der Waals surface area contributed by atoms with Crippen LogP contribution in [-0.2, 0) is 28.2 Å². The number of halogens is 2. The molecule has 1 aromatic carbocycles. The van der Waals surface area contributed by atoms with E-state index in [0.717, 1.165) is 70.4 Å². The van der Waals surface area contributed by atoms with Gasteiger partial charge in [0.05, 0.1) is 23.7 Å². The zero-order valence-electron chi connectivity index (χ0n) is 27.8. The van der Waals surface area contributed by atoms with Crippen molar-refractivity contribution in [2.45, 2.75) is 63.2 Å². The number of aryl methyl sites for hydroxylation is 1. The summed E-state index contributed by atoms with van der Waals surface area (Å²) in [6.45, 7) is 0.742. The van der Waals surface area contributed by atoms with Gasteiger partial charge in [-0.25, -0.2) is 22.2 Å². The number of aliphatic hydroxyl groups is 1. The Morgan fingerprint density at radius 3 is 2.43 bits per heavy atom. The van der Waals surface area contributed by atoms with Crippen molar-refractivity contribution in [3.63, 3.8) is 0 Å². The van der Waals surface area contributed by atoms with E-state index >= 15 is 4.39 Å². The van der Waals surface area contributed by atoms with Crippen LogP contribution in [0.25, 0.3) is 22.0 Å². The number of aromatic amines is 1. The van der Waals surface area contributed by atoms with E-state index in [0.29, 0.717) is 51.8 Å². The largest absolute Gasteiger partial charge is 0.400 e. The van der Waals surface area contributed by atoms with Crippen LogP contribution in [0.4, 0.5) is 20.3 Å². The van der Waals surface area contributed by atoms with Crippen molar-refractivity contribution in [1.29, 1.82) is 0 Å². The van der Waals surface area contributed by atoms with Gasteiger partial charge in [-0.05, 0) is 42.5 Å². The summed E-state index contributed by atoms with van der Waals surface area (Å²) in [7, 11) is -1.06. The number of nitrogens with zero attached hydrogens (tertiary/aromatic N) is 4. The molecule has 49 heavy (non-hydrogen) atoms. The molecule has 0 saturated carbocycles. The third-order valence-corrected chi connectivity index (χ3v) is 10.8. The summed E-state index contributed by atoms with van der Waals surface area (Å²) in [5, 5.41) is 6.63. The van der Waals surface area contributed by atoms with Crippen LogP contribution in [0.15, 0.2) is 41.6 Å². The predicted octanol–water partition coefficient (Wildman–Crippen LogP) is 5.33. The van der Waals surface area contributed by atoms with Crippen molar-refractivity contribution in [3.05, 3.63) is 75.5 Å². The number of anilines is 2. The lowest BCUT2D eigenvalue weighted by atomic mass is 9.93. The average molecular weight is 698 g/mol. The minimum atomic E-state index is -3.67. The monoisotopic (exact) mass is 697 g/mol. The van der Waals surface area contributed by atoms with Gasteiger partial charge in [0.1, 0.15) is 17.6 Å². The number of carbonyl (C=O) groups is 2. The number of sulfone groups is 1. The van der Waals surface area contributed by atoms with Crippen molar-refractivity contribution in [2.24, 2.45) is 7.05 Å². The molecule has 0 spiro atoms. The highest BCUT2D eigenvalue weighted by Gasteiger charge is 2.37. The zero-order valence-corrected chi connectivity index (χ0v) is 28.7. The molecule has 0 radical (unpaired) electrons. The van der Waals surface area contributed by atoms with Crippen LogP contribution < -0.4 is 10.5 Å². The van der Waals surface area contributed by atoms with Gasteiger partial charge in [-0.1, -0.05) is 25.7 Å². The van der Waals surface area contributed by atoms with Gasteiger partial charge >= 0.3 is 0 Å². The number of nitrogens with one attached hydrogen (secondary N) is 1. The molecule has 0 bridgehead atoms. The first kappa shape index (κ1) is 35.9. The topological polar surface area (TPSA) is 146 Å². The van der Waals surface area contributed by atoms with Gasteiger partial charge in [0.2, 0.25) is 0 Å². The summed E-state index contributed by atoms with van der Waals surface area (Å²) in [6, 6.07) is 4.03. The SMILES string of the molecule is CO.Cn1cc2c3c(c[nH]c3c1=O)CN(c1ncc(F)cc1F)c1cc3c(cc1-2)[C@@H](S(C)(=O)=O)CCN(CCCCCCCCC=O)C3=O. The van der Waals surface area contributed by atoms with E-state index in [4.69, 9.17) is 5.11 Å². The molecular weight excluding hydrogens is 656 g/mol. The maximum absolute atomic E-state index is 15.4. The van der Waals surface area contributed by atoms with Crippen molar-refractivity contribution in [2.75, 3.05) is 31.4 Å². The molecule has 4 aromatic rings. The van der Waals surface area contributed by atoms with Crippen molar-refractivity contribution in [3.8, 4) is 11.1 Å². The first-order valence-corrected chi connectivity index (χ1v) is 18.3. The van der Waals surface area contributed by atoms with Crippen LogP contribution >= 0.6 is 0 Å². The molecule has 1 atom stereocenters. The lowest BCUT2D eigenvalue weighted by Crippen LogP contribution is -2.32. The standard InChI is InChI=1S/C34H37F2N5O5S.CH4O/c1-39-20-26-23-15-24-25(33(43)40(12-10-29(24)47(2,45)46)11-8-6-4-3-5-7-9-13-42)16-28(23)41(32-27(36)14-22(35)18-38-32)19-21-17-37-31(30(21)26)34(39)44;1-2/h13-18,20,29,37H,3-12,19H2,1-2H3;2H,1H3/t29-;/m0./s1. The van der Waals surface area contributed by atoms with Crippen LogP contribution in [0.5, 0.6) is 0 Å². The Morgan fingerprint density at radius 1 is 1.02 bits per heavy atom. The summed E-state index contributed by atoms with van der Waals surface area (Å²) in [6.07, 6.45) is 12.5. The van der Waals surface area contributed by atoms with Gasteiger partial charge in [0, 0.05) is 80.5 Å². The Bertz CT molecular complexity index is 2040. The molecule has 6 rings (SSSR count). The van der Waals surface area contributed by atoms with Gasteiger partial charge in [-0.3, -0.25) is 9.59 Å². The van der Waals surface area contributed by atoms with Gasteiger partial charge in [-0.15, -0.1) is 0 Å². The molecule has 0 fully saturated rings. The maximum Gasteiger partial charge on any atom is 0.274 e. The molecule has 0 saturated heterocycles. The minimum absolute atomic E-state index is 0.0434. The number of fused-ring (bicyclic) bond motifs is 3. The fraction of sp³-hybridized carbons (Fsp3) is 0.429. The second-order valence-electron chi connectivity index (χ2n) is 12.5. The number of benzene rings is 1. The van der Waals surface area contributed by atoms with E-state index in [1.807, 2.05) is 0 Å². The van der Waals surface area contributed by atoms with E-state index in [1.54, 1.807) is 41.4 Å². The van der Waals surface area contributed by atoms with Gasteiger partial charge < -0.3 is 29.3 Å². The zero-order chi connectivity index (χ0) is 35.5.